The fraction of sp³-hybridized carbons (Fsp3) is 0.818. The molecular weight excluding hydrogens is 210 g/mol. The van der Waals surface area contributed by atoms with Crippen LogP contribution in [0.5, 0.6) is 0 Å². The van der Waals surface area contributed by atoms with Gasteiger partial charge in [0.05, 0.1) is 20.3 Å². The number of hydrogen-bond donors (Lipinski definition) is 0. The molecule has 1 atom stereocenters. The van der Waals surface area contributed by atoms with Gasteiger partial charge in [-0.05, 0) is 19.9 Å². The van der Waals surface area contributed by atoms with Gasteiger partial charge in [-0.2, -0.15) is 0 Å². The van der Waals surface area contributed by atoms with Crippen LogP contribution in [0.4, 0.5) is 0 Å². The minimum Gasteiger partial charge on any atom is -0.468 e. The molecule has 0 rings (SSSR count). The molecule has 0 bridgehead atoms. The van der Waals surface area contributed by atoms with Crippen molar-refractivity contribution in [3.63, 3.8) is 0 Å². The van der Waals surface area contributed by atoms with Gasteiger partial charge in [-0.1, -0.05) is 13.8 Å². The number of hydrogen-bond acceptors (Lipinski definition) is 5. The molecular formula is C11H21NO4. The lowest BCUT2D eigenvalue weighted by atomic mass is 10.2. The van der Waals surface area contributed by atoms with Gasteiger partial charge >= 0.3 is 11.9 Å². The van der Waals surface area contributed by atoms with E-state index in [0.717, 1.165) is 0 Å². The van der Waals surface area contributed by atoms with E-state index in [1.165, 1.54) is 7.11 Å². The normalized spacial score (nSPS) is 12.3. The number of methoxy groups -OCH3 is 1. The standard InChI is InChI=1S/C11H21NO4/c1-5-9(11(14)16-7-3)12(6-2)8-10(13)15-4/h9H,5-8H2,1-4H3. The number of carbonyl (C=O) groups is 2. The number of carbonyl (C=O) groups excluding carboxylic acids is 2. The molecule has 5 nitrogen and oxygen atoms in total. The first kappa shape index (κ1) is 14.9. The highest BCUT2D eigenvalue weighted by Gasteiger charge is 2.26. The number of likely N-dealkylation sites (N-methyl/N-ethyl adjacent to an activating group) is 1. The molecule has 0 radical (unpaired) electrons. The third-order valence-corrected chi connectivity index (χ3v) is 2.35. The zero-order chi connectivity index (χ0) is 12.6. The number of rotatable bonds is 7. The molecule has 94 valence electrons. The Labute approximate surface area is 96.7 Å². The van der Waals surface area contributed by atoms with Crippen molar-refractivity contribution in [2.45, 2.75) is 33.2 Å². The predicted molar refractivity (Wildman–Crippen MR) is 60.0 cm³/mol. The number of esters is 2. The van der Waals surface area contributed by atoms with E-state index in [1.807, 2.05) is 13.8 Å². The molecule has 0 heterocycles. The quantitative estimate of drug-likeness (QED) is 0.607. The van der Waals surface area contributed by atoms with Crippen molar-refractivity contribution in [1.29, 1.82) is 0 Å². The average molecular weight is 231 g/mol. The van der Waals surface area contributed by atoms with E-state index in [0.29, 0.717) is 19.6 Å². The molecule has 5 heteroatoms. The van der Waals surface area contributed by atoms with E-state index < -0.39 is 0 Å². The summed E-state index contributed by atoms with van der Waals surface area (Å²) in [6.45, 7) is 6.62. The van der Waals surface area contributed by atoms with Gasteiger partial charge in [0.25, 0.3) is 0 Å². The molecule has 0 saturated carbocycles. The summed E-state index contributed by atoms with van der Waals surface area (Å²) in [6, 6.07) is -0.371. The lowest BCUT2D eigenvalue weighted by Gasteiger charge is -2.26. The van der Waals surface area contributed by atoms with Crippen LogP contribution in [-0.2, 0) is 19.1 Å². The summed E-state index contributed by atoms with van der Waals surface area (Å²) < 4.78 is 9.54. The van der Waals surface area contributed by atoms with Gasteiger partial charge in [-0.15, -0.1) is 0 Å². The van der Waals surface area contributed by atoms with Crippen molar-refractivity contribution in [3.8, 4) is 0 Å². The van der Waals surface area contributed by atoms with E-state index >= 15 is 0 Å². The summed E-state index contributed by atoms with van der Waals surface area (Å²) in [5, 5.41) is 0. The number of nitrogens with zero attached hydrogens (tertiary/aromatic N) is 1. The SMILES string of the molecule is CCOC(=O)C(CC)N(CC)CC(=O)OC. The van der Waals surface area contributed by atoms with Gasteiger partial charge < -0.3 is 9.47 Å². The van der Waals surface area contributed by atoms with Crippen LogP contribution in [0.25, 0.3) is 0 Å². The maximum Gasteiger partial charge on any atom is 0.323 e. The summed E-state index contributed by atoms with van der Waals surface area (Å²) in [6.07, 6.45) is 0.615. The zero-order valence-corrected chi connectivity index (χ0v) is 10.5. The van der Waals surface area contributed by atoms with Crippen molar-refractivity contribution < 1.29 is 19.1 Å². The third kappa shape index (κ3) is 4.61. The highest BCUT2D eigenvalue weighted by atomic mass is 16.5. The van der Waals surface area contributed by atoms with E-state index in [1.54, 1.807) is 11.8 Å². The van der Waals surface area contributed by atoms with Gasteiger partial charge in [-0.25, -0.2) is 0 Å². The van der Waals surface area contributed by atoms with Crippen LogP contribution in [0.2, 0.25) is 0 Å². The van der Waals surface area contributed by atoms with Crippen LogP contribution in [0, 0.1) is 0 Å². The highest BCUT2D eigenvalue weighted by molar-refractivity contribution is 5.77. The van der Waals surface area contributed by atoms with Crippen molar-refractivity contribution in [2.24, 2.45) is 0 Å². The summed E-state index contributed by atoms with van der Waals surface area (Å²) in [5.74, 6) is -0.625. The van der Waals surface area contributed by atoms with E-state index in [2.05, 4.69) is 4.74 Å². The molecule has 0 aromatic heterocycles. The van der Waals surface area contributed by atoms with E-state index in [-0.39, 0.29) is 24.5 Å². The first-order valence-electron chi connectivity index (χ1n) is 5.58. The lowest BCUT2D eigenvalue weighted by molar-refractivity contribution is -0.152. The second-order valence-electron chi connectivity index (χ2n) is 3.32. The monoisotopic (exact) mass is 231 g/mol. The Morgan fingerprint density at radius 3 is 2.25 bits per heavy atom. The molecule has 0 spiro atoms. The Morgan fingerprint density at radius 1 is 1.25 bits per heavy atom. The van der Waals surface area contributed by atoms with Crippen molar-refractivity contribution in [3.05, 3.63) is 0 Å². The molecule has 0 aromatic rings. The summed E-state index contributed by atoms with van der Waals surface area (Å²) >= 11 is 0. The van der Waals surface area contributed by atoms with Crippen LogP contribution in [0.15, 0.2) is 0 Å². The predicted octanol–water partition coefficient (Wildman–Crippen LogP) is 0.823. The Morgan fingerprint density at radius 2 is 1.88 bits per heavy atom. The minimum absolute atomic E-state index is 0.115. The molecule has 0 amide bonds. The molecule has 0 aromatic carbocycles. The third-order valence-electron chi connectivity index (χ3n) is 2.35. The van der Waals surface area contributed by atoms with Crippen LogP contribution < -0.4 is 0 Å². The molecule has 0 saturated heterocycles. The first-order chi connectivity index (χ1) is 7.60. The van der Waals surface area contributed by atoms with Crippen LogP contribution in [0.3, 0.4) is 0 Å². The van der Waals surface area contributed by atoms with Crippen molar-refractivity contribution >= 4 is 11.9 Å². The number of ether oxygens (including phenoxy) is 2. The Balaban J connectivity index is 4.49. The van der Waals surface area contributed by atoms with Gasteiger partial charge in [-0.3, -0.25) is 14.5 Å². The second kappa shape index (κ2) is 8.10. The second-order valence-corrected chi connectivity index (χ2v) is 3.32. The summed E-state index contributed by atoms with van der Waals surface area (Å²) in [7, 11) is 1.33. The van der Waals surface area contributed by atoms with Crippen molar-refractivity contribution in [1.82, 2.24) is 4.90 Å². The zero-order valence-electron chi connectivity index (χ0n) is 10.5. The maximum atomic E-state index is 11.6. The van der Waals surface area contributed by atoms with Gasteiger partial charge in [0.2, 0.25) is 0 Å². The smallest absolute Gasteiger partial charge is 0.323 e. The molecule has 0 aliphatic carbocycles. The van der Waals surface area contributed by atoms with Gasteiger partial charge in [0.15, 0.2) is 0 Å². The Hall–Kier alpha value is -1.10. The fourth-order valence-electron chi connectivity index (χ4n) is 1.49. The first-order valence-corrected chi connectivity index (χ1v) is 5.58. The molecule has 16 heavy (non-hydrogen) atoms. The molecule has 0 aliphatic rings. The maximum absolute atomic E-state index is 11.6. The van der Waals surface area contributed by atoms with E-state index in [4.69, 9.17) is 4.74 Å². The average Bonchev–Trinajstić information content (AvgIpc) is 2.28. The summed E-state index contributed by atoms with van der Waals surface area (Å²) in [5.41, 5.74) is 0. The molecule has 0 N–H and O–H groups in total. The Kier molecular flexibility index (Phi) is 7.54. The molecule has 0 fully saturated rings. The minimum atomic E-state index is -0.371. The summed E-state index contributed by atoms with van der Waals surface area (Å²) in [4.78, 5) is 24.5. The molecule has 0 aliphatic heterocycles. The van der Waals surface area contributed by atoms with Gasteiger partial charge in [0, 0.05) is 0 Å². The van der Waals surface area contributed by atoms with Crippen LogP contribution >= 0.6 is 0 Å². The lowest BCUT2D eigenvalue weighted by Crippen LogP contribution is -2.44. The van der Waals surface area contributed by atoms with Crippen LogP contribution in [-0.4, -0.2) is 49.7 Å². The Bertz CT molecular complexity index is 230. The van der Waals surface area contributed by atoms with Gasteiger partial charge in [0.1, 0.15) is 6.04 Å². The fourth-order valence-corrected chi connectivity index (χ4v) is 1.49. The molecule has 1 unspecified atom stereocenters. The largest absolute Gasteiger partial charge is 0.468 e. The topological polar surface area (TPSA) is 55.8 Å². The van der Waals surface area contributed by atoms with E-state index in [9.17, 15) is 9.59 Å². The highest BCUT2D eigenvalue weighted by Crippen LogP contribution is 2.06. The van der Waals surface area contributed by atoms with Crippen LogP contribution in [0.1, 0.15) is 27.2 Å². The van der Waals surface area contributed by atoms with Crippen molar-refractivity contribution in [2.75, 3.05) is 26.8 Å².